The second-order valence-electron chi connectivity index (χ2n) is 6.19. The predicted molar refractivity (Wildman–Crippen MR) is 79.7 cm³/mol. The minimum atomic E-state index is -0.243. The second kappa shape index (κ2) is 6.27. The van der Waals surface area contributed by atoms with E-state index in [1.807, 2.05) is 45.0 Å². The van der Waals surface area contributed by atoms with E-state index in [1.54, 1.807) is 0 Å². The summed E-state index contributed by atoms with van der Waals surface area (Å²) in [4.78, 5) is 12.0. The summed E-state index contributed by atoms with van der Waals surface area (Å²) in [6, 6.07) is 7.81. The van der Waals surface area contributed by atoms with E-state index in [0.29, 0.717) is 6.54 Å². The molecule has 1 amide bonds. The lowest BCUT2D eigenvalue weighted by Gasteiger charge is -2.23. The normalized spacial score (nSPS) is 18.9. The minimum Gasteiger partial charge on any atom is -0.488 e. The van der Waals surface area contributed by atoms with Crippen LogP contribution in [0.1, 0.15) is 39.2 Å². The molecule has 0 aliphatic carbocycles. The Morgan fingerprint density at radius 1 is 1.40 bits per heavy atom. The molecule has 0 saturated carbocycles. The largest absolute Gasteiger partial charge is 0.488 e. The van der Waals surface area contributed by atoms with E-state index in [2.05, 4.69) is 10.6 Å². The molecule has 1 aromatic rings. The Labute approximate surface area is 120 Å². The fourth-order valence-corrected chi connectivity index (χ4v) is 2.29. The molecule has 1 heterocycles. The van der Waals surface area contributed by atoms with Gasteiger partial charge in [0.1, 0.15) is 11.4 Å². The molecule has 1 aliphatic rings. The zero-order valence-corrected chi connectivity index (χ0v) is 12.5. The molecule has 1 atom stereocenters. The zero-order chi connectivity index (χ0) is 14.6. The van der Waals surface area contributed by atoms with E-state index in [-0.39, 0.29) is 17.6 Å². The number of carbonyl (C=O) groups excluding carboxylic acids is 1. The number of benzene rings is 1. The van der Waals surface area contributed by atoms with Crippen LogP contribution in [0.2, 0.25) is 0 Å². The summed E-state index contributed by atoms with van der Waals surface area (Å²) >= 11 is 0. The molecular weight excluding hydrogens is 252 g/mol. The van der Waals surface area contributed by atoms with Crippen molar-refractivity contribution in [2.75, 3.05) is 6.54 Å². The van der Waals surface area contributed by atoms with Crippen LogP contribution in [0.25, 0.3) is 0 Å². The van der Waals surface area contributed by atoms with Gasteiger partial charge in [0.05, 0.1) is 6.04 Å². The summed E-state index contributed by atoms with van der Waals surface area (Å²) < 4.78 is 5.92. The van der Waals surface area contributed by atoms with Crippen LogP contribution >= 0.6 is 0 Å². The average Bonchev–Trinajstić information content (AvgIpc) is 2.89. The number of rotatable bonds is 4. The molecule has 1 saturated heterocycles. The lowest BCUT2D eigenvalue weighted by molar-refractivity contribution is -0.122. The minimum absolute atomic E-state index is 0.0364. The maximum absolute atomic E-state index is 12.0. The summed E-state index contributed by atoms with van der Waals surface area (Å²) in [5.41, 5.74) is 0.765. The highest BCUT2D eigenvalue weighted by Crippen LogP contribution is 2.22. The topological polar surface area (TPSA) is 50.4 Å². The molecular formula is C16H24N2O2. The number of hydrogen-bond acceptors (Lipinski definition) is 3. The number of nitrogens with one attached hydrogen (secondary N) is 2. The van der Waals surface area contributed by atoms with Crippen LogP contribution in [0.4, 0.5) is 0 Å². The average molecular weight is 276 g/mol. The van der Waals surface area contributed by atoms with Crippen LogP contribution in [0.3, 0.4) is 0 Å². The van der Waals surface area contributed by atoms with E-state index >= 15 is 0 Å². The van der Waals surface area contributed by atoms with Crippen molar-refractivity contribution in [2.45, 2.75) is 51.8 Å². The number of ether oxygens (including phenoxy) is 1. The van der Waals surface area contributed by atoms with Crippen LogP contribution in [0, 0.1) is 0 Å². The lowest BCUT2D eigenvalue weighted by atomic mass is 10.1. The first-order valence-corrected chi connectivity index (χ1v) is 7.24. The third-order valence-corrected chi connectivity index (χ3v) is 3.22. The fraction of sp³-hybridized carbons (Fsp3) is 0.562. The Morgan fingerprint density at radius 2 is 2.15 bits per heavy atom. The van der Waals surface area contributed by atoms with Crippen molar-refractivity contribution in [3.8, 4) is 5.75 Å². The van der Waals surface area contributed by atoms with Gasteiger partial charge in [-0.3, -0.25) is 4.79 Å². The van der Waals surface area contributed by atoms with Gasteiger partial charge in [-0.1, -0.05) is 18.2 Å². The Bertz CT molecular complexity index is 460. The fourth-order valence-electron chi connectivity index (χ4n) is 2.29. The van der Waals surface area contributed by atoms with Crippen LogP contribution in [0.5, 0.6) is 5.75 Å². The van der Waals surface area contributed by atoms with Gasteiger partial charge in [0, 0.05) is 12.1 Å². The van der Waals surface area contributed by atoms with Gasteiger partial charge in [-0.15, -0.1) is 0 Å². The first kappa shape index (κ1) is 14.9. The molecule has 0 bridgehead atoms. The maximum Gasteiger partial charge on any atom is 0.237 e. The SMILES string of the molecule is CC(C)(C)Oc1ccccc1CNC(=O)C1CCCN1. The summed E-state index contributed by atoms with van der Waals surface area (Å²) in [6.07, 6.45) is 1.99. The monoisotopic (exact) mass is 276 g/mol. The molecule has 1 fully saturated rings. The van der Waals surface area contributed by atoms with E-state index in [1.165, 1.54) is 0 Å². The standard InChI is InChI=1S/C16H24N2O2/c1-16(2,3)20-14-9-5-4-7-12(14)11-18-15(19)13-8-6-10-17-13/h4-5,7,9,13,17H,6,8,10-11H2,1-3H3,(H,18,19). The first-order chi connectivity index (χ1) is 9.46. The third-order valence-electron chi connectivity index (χ3n) is 3.22. The number of amides is 1. The molecule has 110 valence electrons. The van der Waals surface area contributed by atoms with Crippen molar-refractivity contribution >= 4 is 5.91 Å². The number of hydrogen-bond donors (Lipinski definition) is 2. The van der Waals surface area contributed by atoms with Crippen LogP contribution < -0.4 is 15.4 Å². The van der Waals surface area contributed by atoms with Crippen LogP contribution in [-0.2, 0) is 11.3 Å². The van der Waals surface area contributed by atoms with Crippen molar-refractivity contribution in [3.05, 3.63) is 29.8 Å². The molecule has 1 aliphatic heterocycles. The van der Waals surface area contributed by atoms with E-state index in [9.17, 15) is 4.79 Å². The zero-order valence-electron chi connectivity index (χ0n) is 12.5. The number of para-hydroxylation sites is 1. The maximum atomic E-state index is 12.0. The van der Waals surface area contributed by atoms with Gasteiger partial charge in [-0.25, -0.2) is 0 Å². The number of carbonyl (C=O) groups is 1. The molecule has 0 radical (unpaired) electrons. The molecule has 1 aromatic carbocycles. The summed E-state index contributed by atoms with van der Waals surface area (Å²) in [5, 5.41) is 6.19. The van der Waals surface area contributed by atoms with Gasteiger partial charge in [0.25, 0.3) is 0 Å². The highest BCUT2D eigenvalue weighted by atomic mass is 16.5. The lowest BCUT2D eigenvalue weighted by Crippen LogP contribution is -2.40. The highest BCUT2D eigenvalue weighted by Gasteiger charge is 2.22. The van der Waals surface area contributed by atoms with Crippen LogP contribution in [-0.4, -0.2) is 24.1 Å². The van der Waals surface area contributed by atoms with Gasteiger partial charge >= 0.3 is 0 Å². The van der Waals surface area contributed by atoms with Gasteiger partial charge in [0.2, 0.25) is 5.91 Å². The summed E-state index contributed by atoms with van der Waals surface area (Å²) in [6.45, 7) is 7.49. The van der Waals surface area contributed by atoms with Gasteiger partial charge in [-0.05, 0) is 46.2 Å². The second-order valence-corrected chi connectivity index (χ2v) is 6.19. The Balaban J connectivity index is 1.96. The van der Waals surface area contributed by atoms with Crippen molar-refractivity contribution in [2.24, 2.45) is 0 Å². The molecule has 1 unspecified atom stereocenters. The van der Waals surface area contributed by atoms with Crippen molar-refractivity contribution in [1.82, 2.24) is 10.6 Å². The highest BCUT2D eigenvalue weighted by molar-refractivity contribution is 5.82. The first-order valence-electron chi connectivity index (χ1n) is 7.24. The predicted octanol–water partition coefficient (Wildman–Crippen LogP) is 2.23. The van der Waals surface area contributed by atoms with E-state index < -0.39 is 0 Å². The molecule has 20 heavy (non-hydrogen) atoms. The smallest absolute Gasteiger partial charge is 0.237 e. The molecule has 2 rings (SSSR count). The molecule has 0 spiro atoms. The summed E-state index contributed by atoms with van der Waals surface area (Å²) in [5.74, 6) is 0.910. The van der Waals surface area contributed by atoms with Crippen LogP contribution in [0.15, 0.2) is 24.3 Å². The molecule has 0 aromatic heterocycles. The Morgan fingerprint density at radius 3 is 2.80 bits per heavy atom. The van der Waals surface area contributed by atoms with Gasteiger partial charge in [-0.2, -0.15) is 0 Å². The summed E-state index contributed by atoms with van der Waals surface area (Å²) in [7, 11) is 0. The van der Waals surface area contributed by atoms with E-state index in [4.69, 9.17) is 4.74 Å². The van der Waals surface area contributed by atoms with Gasteiger partial charge < -0.3 is 15.4 Å². The van der Waals surface area contributed by atoms with Gasteiger partial charge in [0.15, 0.2) is 0 Å². The Kier molecular flexibility index (Phi) is 4.65. The molecule has 4 heteroatoms. The van der Waals surface area contributed by atoms with Crippen molar-refractivity contribution in [1.29, 1.82) is 0 Å². The third kappa shape index (κ3) is 4.23. The quantitative estimate of drug-likeness (QED) is 0.886. The Hall–Kier alpha value is -1.55. The van der Waals surface area contributed by atoms with Crippen molar-refractivity contribution in [3.63, 3.8) is 0 Å². The molecule has 4 nitrogen and oxygen atoms in total. The van der Waals surface area contributed by atoms with Crippen molar-refractivity contribution < 1.29 is 9.53 Å². The van der Waals surface area contributed by atoms with E-state index in [0.717, 1.165) is 30.7 Å². The molecule has 2 N–H and O–H groups in total.